The van der Waals surface area contributed by atoms with Crippen molar-refractivity contribution in [3.05, 3.63) is 12.2 Å². The number of amides is 1. The predicted octanol–water partition coefficient (Wildman–Crippen LogP) is 2.81. The van der Waals surface area contributed by atoms with E-state index >= 15 is 0 Å². The molecule has 0 saturated heterocycles. The third kappa shape index (κ3) is 3.55. The van der Waals surface area contributed by atoms with Crippen LogP contribution < -0.4 is 5.32 Å². The van der Waals surface area contributed by atoms with Crippen molar-refractivity contribution in [2.75, 3.05) is 12.3 Å². The molecule has 0 bridgehead atoms. The van der Waals surface area contributed by atoms with E-state index in [0.29, 0.717) is 11.3 Å². The molecule has 0 radical (unpaired) electrons. The van der Waals surface area contributed by atoms with Gasteiger partial charge in [0, 0.05) is 6.54 Å². The number of rotatable bonds is 8. The highest BCUT2D eigenvalue weighted by Crippen LogP contribution is 2.45. The first kappa shape index (κ1) is 13.6. The number of hydrogen-bond donors (Lipinski definition) is 2. The third-order valence-corrected chi connectivity index (χ3v) is 4.22. The van der Waals surface area contributed by atoms with E-state index < -0.39 is 0 Å². The van der Waals surface area contributed by atoms with Crippen LogP contribution in [0.5, 0.6) is 0 Å². The van der Waals surface area contributed by atoms with Crippen LogP contribution in [0.4, 0.5) is 0 Å². The molecule has 1 N–H and O–H groups in total. The average Bonchev–Trinajstić information content (AvgIpc) is 2.76. The quantitative estimate of drug-likeness (QED) is 0.291. The van der Waals surface area contributed by atoms with Crippen molar-refractivity contribution in [1.82, 2.24) is 5.32 Å². The first-order valence-electron chi connectivity index (χ1n) is 6.18. The minimum Gasteiger partial charge on any atom is -0.359 e. The molecule has 2 nitrogen and oxygen atoms in total. The lowest BCUT2D eigenvalue weighted by molar-refractivity contribution is -0.109. The van der Waals surface area contributed by atoms with Gasteiger partial charge in [0.15, 0.2) is 0 Å². The van der Waals surface area contributed by atoms with Crippen molar-refractivity contribution in [3.8, 4) is 0 Å². The van der Waals surface area contributed by atoms with Crippen LogP contribution in [0.3, 0.4) is 0 Å². The fourth-order valence-electron chi connectivity index (χ4n) is 2.66. The van der Waals surface area contributed by atoms with Gasteiger partial charge >= 0.3 is 0 Å². The van der Waals surface area contributed by atoms with Gasteiger partial charge in [0.2, 0.25) is 6.41 Å². The SMILES string of the molecule is CC(CCCS)C1(CCNC=O)CC=CC1. The van der Waals surface area contributed by atoms with Crippen LogP contribution in [-0.2, 0) is 4.79 Å². The van der Waals surface area contributed by atoms with Crippen LogP contribution >= 0.6 is 12.6 Å². The minimum absolute atomic E-state index is 0.388. The van der Waals surface area contributed by atoms with Crippen LogP contribution in [0.25, 0.3) is 0 Å². The Morgan fingerprint density at radius 3 is 2.75 bits per heavy atom. The Kier molecular flexibility index (Phi) is 5.96. The molecule has 0 aliphatic heterocycles. The second kappa shape index (κ2) is 7.00. The Morgan fingerprint density at radius 1 is 1.50 bits per heavy atom. The molecule has 0 saturated carbocycles. The van der Waals surface area contributed by atoms with E-state index in [4.69, 9.17) is 0 Å². The summed E-state index contributed by atoms with van der Waals surface area (Å²) in [4.78, 5) is 10.3. The number of carbonyl (C=O) groups is 1. The third-order valence-electron chi connectivity index (χ3n) is 3.91. The zero-order valence-corrected chi connectivity index (χ0v) is 11.0. The molecule has 0 aromatic rings. The van der Waals surface area contributed by atoms with Gasteiger partial charge < -0.3 is 5.32 Å². The van der Waals surface area contributed by atoms with Gasteiger partial charge in [-0.15, -0.1) is 0 Å². The Labute approximate surface area is 104 Å². The van der Waals surface area contributed by atoms with Gasteiger partial charge in [0.25, 0.3) is 0 Å². The molecule has 0 aromatic carbocycles. The average molecular weight is 241 g/mol. The molecule has 0 spiro atoms. The summed E-state index contributed by atoms with van der Waals surface area (Å²) < 4.78 is 0. The molecule has 16 heavy (non-hydrogen) atoms. The standard InChI is InChI=1S/C13H23NOS/c1-12(5-4-10-16)13(6-2-3-7-13)8-9-14-11-15/h2-3,11-12,16H,4-10H2,1H3,(H,14,15). The van der Waals surface area contributed by atoms with E-state index in [-0.39, 0.29) is 0 Å². The summed E-state index contributed by atoms with van der Waals surface area (Å²) in [7, 11) is 0. The van der Waals surface area contributed by atoms with Gasteiger partial charge in [0.05, 0.1) is 0 Å². The molecular weight excluding hydrogens is 218 g/mol. The summed E-state index contributed by atoms with van der Waals surface area (Å²) in [6, 6.07) is 0. The summed E-state index contributed by atoms with van der Waals surface area (Å²) in [5.41, 5.74) is 0.388. The normalized spacial score (nSPS) is 19.6. The fraction of sp³-hybridized carbons (Fsp3) is 0.769. The van der Waals surface area contributed by atoms with E-state index in [1.165, 1.54) is 25.7 Å². The lowest BCUT2D eigenvalue weighted by Gasteiger charge is -2.36. The van der Waals surface area contributed by atoms with Crippen LogP contribution in [0.15, 0.2) is 12.2 Å². The van der Waals surface area contributed by atoms with E-state index in [2.05, 4.69) is 37.0 Å². The maximum atomic E-state index is 10.3. The van der Waals surface area contributed by atoms with Crippen LogP contribution in [0.1, 0.15) is 39.0 Å². The molecule has 1 unspecified atom stereocenters. The monoisotopic (exact) mass is 241 g/mol. The maximum absolute atomic E-state index is 10.3. The number of nitrogens with one attached hydrogen (secondary N) is 1. The van der Waals surface area contributed by atoms with E-state index in [1.807, 2.05) is 0 Å². The van der Waals surface area contributed by atoms with Crippen LogP contribution in [0.2, 0.25) is 0 Å². The molecule has 1 amide bonds. The smallest absolute Gasteiger partial charge is 0.207 e. The summed E-state index contributed by atoms with van der Waals surface area (Å²) in [6.45, 7) is 3.15. The molecule has 1 atom stereocenters. The maximum Gasteiger partial charge on any atom is 0.207 e. The largest absolute Gasteiger partial charge is 0.359 e. The van der Waals surface area contributed by atoms with E-state index in [1.54, 1.807) is 0 Å². The Hall–Kier alpha value is -0.440. The number of allylic oxidation sites excluding steroid dienone is 2. The Bertz CT molecular complexity index is 232. The Balaban J connectivity index is 2.47. The number of carbonyl (C=O) groups excluding carboxylic acids is 1. The fourth-order valence-corrected chi connectivity index (χ4v) is 2.84. The second-order valence-electron chi connectivity index (χ2n) is 4.83. The van der Waals surface area contributed by atoms with Gasteiger partial charge in [-0.3, -0.25) is 4.79 Å². The highest BCUT2D eigenvalue weighted by Gasteiger charge is 2.35. The van der Waals surface area contributed by atoms with Crippen molar-refractivity contribution < 1.29 is 4.79 Å². The topological polar surface area (TPSA) is 29.1 Å². The first-order valence-corrected chi connectivity index (χ1v) is 6.81. The molecule has 0 fully saturated rings. The lowest BCUT2D eigenvalue weighted by atomic mass is 9.70. The van der Waals surface area contributed by atoms with Crippen molar-refractivity contribution in [2.45, 2.75) is 39.0 Å². The molecule has 3 heteroatoms. The molecule has 1 aliphatic rings. The minimum atomic E-state index is 0.388. The zero-order valence-electron chi connectivity index (χ0n) is 10.1. The highest BCUT2D eigenvalue weighted by molar-refractivity contribution is 7.80. The zero-order chi connectivity index (χ0) is 11.9. The van der Waals surface area contributed by atoms with Crippen molar-refractivity contribution >= 4 is 19.0 Å². The summed E-state index contributed by atoms with van der Waals surface area (Å²) in [5.74, 6) is 1.68. The van der Waals surface area contributed by atoms with Crippen LogP contribution in [-0.4, -0.2) is 18.7 Å². The van der Waals surface area contributed by atoms with Gasteiger partial charge in [-0.2, -0.15) is 12.6 Å². The molecule has 0 heterocycles. The van der Waals surface area contributed by atoms with Gasteiger partial charge in [-0.05, 0) is 49.2 Å². The van der Waals surface area contributed by atoms with Gasteiger partial charge in [0.1, 0.15) is 0 Å². The second-order valence-corrected chi connectivity index (χ2v) is 5.28. The van der Waals surface area contributed by atoms with E-state index in [0.717, 1.165) is 25.1 Å². The number of thiol groups is 1. The molecule has 0 aromatic heterocycles. The molecule has 1 aliphatic carbocycles. The summed E-state index contributed by atoms with van der Waals surface area (Å²) in [6.07, 6.45) is 11.2. The summed E-state index contributed by atoms with van der Waals surface area (Å²) >= 11 is 4.28. The van der Waals surface area contributed by atoms with Crippen molar-refractivity contribution in [3.63, 3.8) is 0 Å². The lowest BCUT2D eigenvalue weighted by Crippen LogP contribution is -2.30. The predicted molar refractivity (Wildman–Crippen MR) is 71.7 cm³/mol. The van der Waals surface area contributed by atoms with Crippen molar-refractivity contribution in [1.29, 1.82) is 0 Å². The van der Waals surface area contributed by atoms with Crippen molar-refractivity contribution in [2.24, 2.45) is 11.3 Å². The molecule has 1 rings (SSSR count). The highest BCUT2D eigenvalue weighted by atomic mass is 32.1. The van der Waals surface area contributed by atoms with Crippen LogP contribution in [0, 0.1) is 11.3 Å². The summed E-state index contributed by atoms with van der Waals surface area (Å²) in [5, 5.41) is 2.79. The van der Waals surface area contributed by atoms with Gasteiger partial charge in [-0.1, -0.05) is 19.1 Å². The first-order chi connectivity index (χ1) is 7.75. The van der Waals surface area contributed by atoms with Gasteiger partial charge in [-0.25, -0.2) is 0 Å². The Morgan fingerprint density at radius 2 is 2.19 bits per heavy atom. The number of hydrogen-bond acceptors (Lipinski definition) is 2. The molecular formula is C13H23NOS. The van der Waals surface area contributed by atoms with E-state index in [9.17, 15) is 4.79 Å². The molecule has 92 valence electrons.